The summed E-state index contributed by atoms with van der Waals surface area (Å²) in [4.78, 5) is 19.4. The summed E-state index contributed by atoms with van der Waals surface area (Å²) in [6.45, 7) is 1.33. The summed E-state index contributed by atoms with van der Waals surface area (Å²) in [5.41, 5.74) is 3.13. The van der Waals surface area contributed by atoms with Crippen molar-refractivity contribution in [1.29, 1.82) is 0 Å². The highest BCUT2D eigenvalue weighted by Crippen LogP contribution is 2.45. The van der Waals surface area contributed by atoms with Gasteiger partial charge in [-0.15, -0.1) is 0 Å². The van der Waals surface area contributed by atoms with E-state index in [4.69, 9.17) is 4.74 Å². The van der Waals surface area contributed by atoms with Crippen molar-refractivity contribution in [3.8, 4) is 11.4 Å². The van der Waals surface area contributed by atoms with Crippen molar-refractivity contribution in [3.63, 3.8) is 0 Å². The zero-order valence-corrected chi connectivity index (χ0v) is 15.0. The predicted octanol–water partition coefficient (Wildman–Crippen LogP) is 3.61. The van der Waals surface area contributed by atoms with Gasteiger partial charge in [0.2, 0.25) is 0 Å². The number of aromatic nitrogens is 2. The Kier molecular flexibility index (Phi) is 3.63. The normalized spacial score (nSPS) is 19.8. The summed E-state index contributed by atoms with van der Waals surface area (Å²) in [6, 6.07) is 15.7. The number of ether oxygens (including phenoxy) is 1. The monoisotopic (exact) mass is 360 g/mol. The van der Waals surface area contributed by atoms with Gasteiger partial charge in [0.1, 0.15) is 11.6 Å². The standard InChI is InChI=1S/C21H20N4O2/c1-27-19-9-5-3-7-17(19)23-21(26)24-12-15-14-6-2-4-8-18(14)25-11-10-22-20(25)16(15)13-24/h2-11,15-16H,12-13H2,1H3,(H,23,26)/t15-,16-/m0/s1. The molecule has 2 aliphatic heterocycles. The molecule has 2 amide bonds. The first-order chi connectivity index (χ1) is 13.3. The SMILES string of the molecule is COc1ccccc1NC(=O)N1C[C@@H]2c3nccn3-c3ccccc3[C@@H]2C1. The smallest absolute Gasteiger partial charge is 0.321 e. The number of nitrogens with one attached hydrogen (secondary N) is 1. The zero-order valence-electron chi connectivity index (χ0n) is 15.0. The van der Waals surface area contributed by atoms with Crippen LogP contribution < -0.4 is 10.1 Å². The Morgan fingerprint density at radius 3 is 2.78 bits per heavy atom. The molecular weight excluding hydrogens is 340 g/mol. The largest absolute Gasteiger partial charge is 0.495 e. The number of nitrogens with zero attached hydrogens (tertiary/aromatic N) is 3. The number of rotatable bonds is 2. The van der Waals surface area contributed by atoms with Gasteiger partial charge in [-0.05, 0) is 23.8 Å². The van der Waals surface area contributed by atoms with Crippen LogP contribution in [0, 0.1) is 0 Å². The average Bonchev–Trinajstić information content (AvgIpc) is 3.36. The zero-order chi connectivity index (χ0) is 18.4. The van der Waals surface area contributed by atoms with Gasteiger partial charge in [-0.25, -0.2) is 9.78 Å². The van der Waals surface area contributed by atoms with E-state index in [2.05, 4.69) is 33.1 Å². The number of methoxy groups -OCH3 is 1. The number of amides is 2. The van der Waals surface area contributed by atoms with E-state index in [9.17, 15) is 4.79 Å². The molecule has 3 heterocycles. The number of hydrogen-bond donors (Lipinski definition) is 1. The molecule has 27 heavy (non-hydrogen) atoms. The molecule has 1 saturated heterocycles. The lowest BCUT2D eigenvalue weighted by Gasteiger charge is -2.28. The molecule has 1 aromatic heterocycles. The van der Waals surface area contributed by atoms with Crippen LogP contribution >= 0.6 is 0 Å². The molecule has 0 radical (unpaired) electrons. The van der Waals surface area contributed by atoms with E-state index in [0.717, 1.165) is 5.82 Å². The molecule has 0 spiro atoms. The van der Waals surface area contributed by atoms with E-state index in [0.29, 0.717) is 24.5 Å². The Morgan fingerprint density at radius 1 is 1.11 bits per heavy atom. The first kappa shape index (κ1) is 15.9. The van der Waals surface area contributed by atoms with Gasteiger partial charge in [-0.3, -0.25) is 0 Å². The van der Waals surface area contributed by atoms with Crippen LogP contribution in [0.5, 0.6) is 5.75 Å². The molecule has 2 aromatic carbocycles. The molecular formula is C21H20N4O2. The van der Waals surface area contributed by atoms with Crippen LogP contribution in [0.1, 0.15) is 23.2 Å². The van der Waals surface area contributed by atoms with Crippen molar-refractivity contribution in [2.45, 2.75) is 11.8 Å². The van der Waals surface area contributed by atoms with Gasteiger partial charge in [0.05, 0.1) is 18.5 Å². The Labute approximate surface area is 157 Å². The lowest BCUT2D eigenvalue weighted by Crippen LogP contribution is -2.33. The van der Waals surface area contributed by atoms with E-state index < -0.39 is 0 Å². The van der Waals surface area contributed by atoms with Crippen LogP contribution in [0.25, 0.3) is 5.69 Å². The Hall–Kier alpha value is -3.28. The Morgan fingerprint density at radius 2 is 1.89 bits per heavy atom. The summed E-state index contributed by atoms with van der Waals surface area (Å²) in [5.74, 6) is 2.16. The number of anilines is 1. The third-order valence-corrected chi connectivity index (χ3v) is 5.55. The van der Waals surface area contributed by atoms with E-state index in [-0.39, 0.29) is 17.9 Å². The van der Waals surface area contributed by atoms with Crippen molar-refractivity contribution in [2.75, 3.05) is 25.5 Å². The highest BCUT2D eigenvalue weighted by molar-refractivity contribution is 5.91. The minimum Gasteiger partial charge on any atom is -0.495 e. The number of carbonyl (C=O) groups excluding carboxylic acids is 1. The van der Waals surface area contributed by atoms with E-state index in [1.807, 2.05) is 47.6 Å². The third-order valence-electron chi connectivity index (χ3n) is 5.55. The van der Waals surface area contributed by atoms with Crippen LogP contribution in [0.2, 0.25) is 0 Å². The molecule has 2 aliphatic rings. The first-order valence-electron chi connectivity index (χ1n) is 9.07. The van der Waals surface area contributed by atoms with Gasteiger partial charge >= 0.3 is 6.03 Å². The van der Waals surface area contributed by atoms with Gasteiger partial charge in [-0.2, -0.15) is 0 Å². The summed E-state index contributed by atoms with van der Waals surface area (Å²) >= 11 is 0. The van der Waals surface area contributed by atoms with Crippen molar-refractivity contribution >= 4 is 11.7 Å². The number of para-hydroxylation sites is 3. The van der Waals surface area contributed by atoms with Crippen molar-refractivity contribution in [3.05, 3.63) is 72.3 Å². The Balaban J connectivity index is 1.44. The molecule has 0 aliphatic carbocycles. The van der Waals surface area contributed by atoms with Crippen molar-refractivity contribution in [1.82, 2.24) is 14.5 Å². The van der Waals surface area contributed by atoms with Gasteiger partial charge in [0, 0.05) is 37.3 Å². The number of benzene rings is 2. The van der Waals surface area contributed by atoms with Crippen LogP contribution in [0.15, 0.2) is 60.9 Å². The van der Waals surface area contributed by atoms with E-state index >= 15 is 0 Å². The topological polar surface area (TPSA) is 59.4 Å². The van der Waals surface area contributed by atoms with Gasteiger partial charge in [0.25, 0.3) is 0 Å². The molecule has 136 valence electrons. The molecule has 2 atom stereocenters. The number of hydrogen-bond acceptors (Lipinski definition) is 3. The molecule has 5 rings (SSSR count). The van der Waals surface area contributed by atoms with Gasteiger partial charge in [0.15, 0.2) is 0 Å². The first-order valence-corrected chi connectivity index (χ1v) is 9.07. The summed E-state index contributed by atoms with van der Waals surface area (Å²) < 4.78 is 7.49. The summed E-state index contributed by atoms with van der Waals surface area (Å²) in [5, 5.41) is 2.99. The number of imidazole rings is 1. The van der Waals surface area contributed by atoms with Crippen LogP contribution in [0.3, 0.4) is 0 Å². The molecule has 3 aromatic rings. The molecule has 0 bridgehead atoms. The average molecular weight is 360 g/mol. The second-order valence-corrected chi connectivity index (χ2v) is 6.96. The third kappa shape index (κ3) is 2.48. The van der Waals surface area contributed by atoms with Gasteiger partial charge in [-0.1, -0.05) is 30.3 Å². The quantitative estimate of drug-likeness (QED) is 0.759. The molecule has 0 unspecified atom stereocenters. The maximum Gasteiger partial charge on any atom is 0.321 e. The molecule has 6 heteroatoms. The lowest BCUT2D eigenvalue weighted by molar-refractivity contribution is 0.221. The minimum atomic E-state index is -0.107. The number of fused-ring (bicyclic) bond motifs is 6. The lowest BCUT2D eigenvalue weighted by atomic mass is 9.84. The predicted molar refractivity (Wildman–Crippen MR) is 103 cm³/mol. The molecule has 0 saturated carbocycles. The maximum absolute atomic E-state index is 12.9. The van der Waals surface area contributed by atoms with Crippen LogP contribution in [0.4, 0.5) is 10.5 Å². The fourth-order valence-electron chi connectivity index (χ4n) is 4.30. The second-order valence-electron chi connectivity index (χ2n) is 6.96. The number of urea groups is 1. The second kappa shape index (κ2) is 6.16. The van der Waals surface area contributed by atoms with Gasteiger partial charge < -0.3 is 19.5 Å². The maximum atomic E-state index is 12.9. The van der Waals surface area contributed by atoms with Crippen LogP contribution in [-0.4, -0.2) is 40.7 Å². The number of likely N-dealkylation sites (tertiary alicyclic amines) is 1. The molecule has 1 N–H and O–H groups in total. The summed E-state index contributed by atoms with van der Waals surface area (Å²) in [7, 11) is 1.60. The highest BCUT2D eigenvalue weighted by Gasteiger charge is 2.43. The van der Waals surface area contributed by atoms with Crippen molar-refractivity contribution in [2.24, 2.45) is 0 Å². The Bertz CT molecular complexity index is 1010. The molecule has 1 fully saturated rings. The molecule has 6 nitrogen and oxygen atoms in total. The number of carbonyl (C=O) groups is 1. The fraction of sp³-hybridized carbons (Fsp3) is 0.238. The van der Waals surface area contributed by atoms with Crippen LogP contribution in [-0.2, 0) is 0 Å². The minimum absolute atomic E-state index is 0.107. The fourth-order valence-corrected chi connectivity index (χ4v) is 4.30. The highest BCUT2D eigenvalue weighted by atomic mass is 16.5. The van der Waals surface area contributed by atoms with E-state index in [1.54, 1.807) is 7.11 Å². The van der Waals surface area contributed by atoms with E-state index in [1.165, 1.54) is 11.3 Å². The van der Waals surface area contributed by atoms with Crippen molar-refractivity contribution < 1.29 is 9.53 Å². The summed E-state index contributed by atoms with van der Waals surface area (Å²) in [6.07, 6.45) is 3.84.